The van der Waals surface area contributed by atoms with Crippen LogP contribution < -0.4 is 10.6 Å². The Balaban J connectivity index is 1.56. The van der Waals surface area contributed by atoms with Crippen molar-refractivity contribution in [2.75, 3.05) is 11.9 Å². The van der Waals surface area contributed by atoms with Crippen LogP contribution in [0, 0.1) is 19.8 Å². The highest BCUT2D eigenvalue weighted by Gasteiger charge is 2.25. The number of thiazole rings is 2. The summed E-state index contributed by atoms with van der Waals surface area (Å²) in [5.74, 6) is 0.162. The van der Waals surface area contributed by atoms with E-state index in [1.54, 1.807) is 11.3 Å². The Hall–Kier alpha value is -1.51. The van der Waals surface area contributed by atoms with Crippen LogP contribution in [0.2, 0.25) is 0 Å². The van der Waals surface area contributed by atoms with Gasteiger partial charge in [0.1, 0.15) is 0 Å². The van der Waals surface area contributed by atoms with Crippen LogP contribution in [0.5, 0.6) is 0 Å². The first kappa shape index (κ1) is 16.4. The highest BCUT2D eigenvalue weighted by molar-refractivity contribution is 7.16. The molecule has 8 heteroatoms. The molecular weight excluding hydrogens is 332 g/mol. The molecule has 1 saturated carbocycles. The molecule has 2 aromatic heterocycles. The summed E-state index contributed by atoms with van der Waals surface area (Å²) in [4.78, 5) is 21.8. The van der Waals surface area contributed by atoms with Crippen LogP contribution in [0.1, 0.15) is 30.0 Å². The normalized spacial score (nSPS) is 20.7. The molecule has 0 spiro atoms. The van der Waals surface area contributed by atoms with Gasteiger partial charge in [-0.15, -0.1) is 22.7 Å². The summed E-state index contributed by atoms with van der Waals surface area (Å²) >= 11 is 3.00. The summed E-state index contributed by atoms with van der Waals surface area (Å²) in [6, 6.07) is -0.276. The van der Waals surface area contributed by atoms with E-state index >= 15 is 0 Å². The molecule has 0 bridgehead atoms. The zero-order chi connectivity index (χ0) is 16.4. The number of rotatable bonds is 4. The Kier molecular flexibility index (Phi) is 4.93. The summed E-state index contributed by atoms with van der Waals surface area (Å²) in [5, 5.41) is 18.8. The molecule has 6 nitrogen and oxygen atoms in total. The second kappa shape index (κ2) is 6.94. The SMILES string of the molecule is Cc1nc(C)c(-c2csc(NC(=O)NC[C@H]3CCC[C@@H]3O)n2)s1. The Morgan fingerprint density at radius 1 is 1.39 bits per heavy atom. The molecule has 2 heterocycles. The lowest BCUT2D eigenvalue weighted by Gasteiger charge is -2.14. The number of carbonyl (C=O) groups excluding carboxylic acids is 1. The van der Waals surface area contributed by atoms with Gasteiger partial charge in [-0.05, 0) is 26.7 Å². The van der Waals surface area contributed by atoms with Gasteiger partial charge in [0.05, 0.1) is 27.4 Å². The summed E-state index contributed by atoms with van der Waals surface area (Å²) in [5.41, 5.74) is 1.81. The van der Waals surface area contributed by atoms with Crippen molar-refractivity contribution in [1.82, 2.24) is 15.3 Å². The van der Waals surface area contributed by atoms with Gasteiger partial charge >= 0.3 is 6.03 Å². The van der Waals surface area contributed by atoms with E-state index in [1.807, 2.05) is 19.2 Å². The molecule has 3 rings (SSSR count). The molecule has 0 saturated heterocycles. The van der Waals surface area contributed by atoms with Gasteiger partial charge in [0.25, 0.3) is 0 Å². The highest BCUT2D eigenvalue weighted by atomic mass is 32.1. The Morgan fingerprint density at radius 3 is 2.87 bits per heavy atom. The maximum Gasteiger partial charge on any atom is 0.321 e. The number of aromatic nitrogens is 2. The molecule has 2 atom stereocenters. The lowest BCUT2D eigenvalue weighted by molar-refractivity contribution is 0.133. The van der Waals surface area contributed by atoms with Gasteiger partial charge < -0.3 is 10.4 Å². The number of nitrogens with one attached hydrogen (secondary N) is 2. The number of aryl methyl sites for hydroxylation is 2. The van der Waals surface area contributed by atoms with E-state index in [-0.39, 0.29) is 18.1 Å². The molecular formula is C15H20N4O2S2. The summed E-state index contributed by atoms with van der Waals surface area (Å²) in [7, 11) is 0. The van der Waals surface area contributed by atoms with E-state index in [4.69, 9.17) is 0 Å². The third-order valence-corrected chi connectivity index (χ3v) is 5.86. The van der Waals surface area contributed by atoms with E-state index in [0.29, 0.717) is 11.7 Å². The lowest BCUT2D eigenvalue weighted by Crippen LogP contribution is -2.35. The largest absolute Gasteiger partial charge is 0.393 e. The molecule has 1 aliphatic rings. The van der Waals surface area contributed by atoms with Gasteiger partial charge in [0, 0.05) is 17.8 Å². The van der Waals surface area contributed by atoms with Crippen molar-refractivity contribution < 1.29 is 9.90 Å². The molecule has 0 aliphatic heterocycles. The van der Waals surface area contributed by atoms with Crippen molar-refractivity contribution in [3.8, 4) is 10.6 Å². The molecule has 0 radical (unpaired) electrons. The molecule has 23 heavy (non-hydrogen) atoms. The molecule has 2 aromatic rings. The lowest BCUT2D eigenvalue weighted by atomic mass is 10.1. The minimum absolute atomic E-state index is 0.162. The standard InChI is InChI=1S/C15H20N4O2S2/c1-8-13(23-9(2)17-8)11-7-22-15(18-11)19-14(21)16-6-10-4-3-5-12(10)20/h7,10,12,20H,3-6H2,1-2H3,(H2,16,18,19,21)/t10-,12+/m1/s1. The number of aliphatic hydroxyl groups is 1. The number of nitrogens with zero attached hydrogens (tertiary/aromatic N) is 2. The van der Waals surface area contributed by atoms with Gasteiger partial charge in [-0.25, -0.2) is 14.8 Å². The van der Waals surface area contributed by atoms with Crippen molar-refractivity contribution in [2.24, 2.45) is 5.92 Å². The van der Waals surface area contributed by atoms with Gasteiger partial charge in [-0.3, -0.25) is 5.32 Å². The quantitative estimate of drug-likeness (QED) is 0.789. The first-order chi connectivity index (χ1) is 11.0. The third-order valence-electron chi connectivity index (χ3n) is 4.00. The maximum absolute atomic E-state index is 11.9. The van der Waals surface area contributed by atoms with E-state index in [9.17, 15) is 9.90 Å². The van der Waals surface area contributed by atoms with Gasteiger partial charge in [0.2, 0.25) is 0 Å². The van der Waals surface area contributed by atoms with Crippen LogP contribution >= 0.6 is 22.7 Å². The van der Waals surface area contributed by atoms with E-state index < -0.39 is 0 Å². The minimum Gasteiger partial charge on any atom is -0.393 e. The molecule has 0 unspecified atom stereocenters. The second-order valence-corrected chi connectivity index (χ2v) is 7.84. The molecule has 1 aliphatic carbocycles. The van der Waals surface area contributed by atoms with E-state index in [1.165, 1.54) is 11.3 Å². The number of aliphatic hydroxyl groups excluding tert-OH is 1. The van der Waals surface area contributed by atoms with Crippen LogP contribution in [0.3, 0.4) is 0 Å². The van der Waals surface area contributed by atoms with Crippen molar-refractivity contribution in [2.45, 2.75) is 39.2 Å². The Labute approximate surface area is 143 Å². The van der Waals surface area contributed by atoms with E-state index in [0.717, 1.165) is 40.5 Å². The van der Waals surface area contributed by atoms with Gasteiger partial charge in [-0.1, -0.05) is 6.42 Å². The summed E-state index contributed by atoms with van der Waals surface area (Å²) < 4.78 is 0. The highest BCUT2D eigenvalue weighted by Crippen LogP contribution is 2.32. The van der Waals surface area contributed by atoms with Crippen molar-refractivity contribution in [3.05, 3.63) is 16.1 Å². The Bertz CT molecular complexity index is 697. The molecule has 124 valence electrons. The molecule has 3 N–H and O–H groups in total. The Morgan fingerprint density at radius 2 is 2.22 bits per heavy atom. The van der Waals surface area contributed by atoms with Crippen LogP contribution in [0.15, 0.2) is 5.38 Å². The number of anilines is 1. The number of hydrogen-bond donors (Lipinski definition) is 3. The second-order valence-electron chi connectivity index (χ2n) is 5.78. The van der Waals surface area contributed by atoms with Gasteiger partial charge in [-0.2, -0.15) is 0 Å². The zero-order valence-electron chi connectivity index (χ0n) is 13.1. The smallest absolute Gasteiger partial charge is 0.321 e. The van der Waals surface area contributed by atoms with E-state index in [2.05, 4.69) is 20.6 Å². The number of urea groups is 1. The first-order valence-corrected chi connectivity index (χ1v) is 9.35. The van der Waals surface area contributed by atoms with Crippen LogP contribution in [-0.4, -0.2) is 33.8 Å². The third kappa shape index (κ3) is 3.88. The minimum atomic E-state index is -0.292. The summed E-state index contributed by atoms with van der Waals surface area (Å²) in [6.45, 7) is 4.43. The predicted octanol–water partition coefficient (Wildman–Crippen LogP) is 3.17. The number of amides is 2. The average Bonchev–Trinajstić information content (AvgIpc) is 3.18. The fourth-order valence-corrected chi connectivity index (χ4v) is 4.48. The molecule has 2 amide bonds. The molecule has 1 fully saturated rings. The maximum atomic E-state index is 11.9. The summed E-state index contributed by atoms with van der Waals surface area (Å²) in [6.07, 6.45) is 2.53. The van der Waals surface area contributed by atoms with Gasteiger partial charge in [0.15, 0.2) is 5.13 Å². The topological polar surface area (TPSA) is 87.1 Å². The monoisotopic (exact) mass is 352 g/mol. The van der Waals surface area contributed by atoms with Crippen molar-refractivity contribution in [3.63, 3.8) is 0 Å². The fraction of sp³-hybridized carbons (Fsp3) is 0.533. The van der Waals surface area contributed by atoms with Crippen molar-refractivity contribution >= 4 is 33.8 Å². The van der Waals surface area contributed by atoms with Crippen LogP contribution in [0.25, 0.3) is 10.6 Å². The molecule has 0 aromatic carbocycles. The number of hydrogen-bond acceptors (Lipinski definition) is 6. The first-order valence-electron chi connectivity index (χ1n) is 7.66. The predicted molar refractivity (Wildman–Crippen MR) is 93.1 cm³/mol. The fourth-order valence-electron chi connectivity index (χ4n) is 2.82. The van der Waals surface area contributed by atoms with Crippen LogP contribution in [-0.2, 0) is 0 Å². The zero-order valence-corrected chi connectivity index (χ0v) is 14.8. The van der Waals surface area contributed by atoms with Crippen molar-refractivity contribution in [1.29, 1.82) is 0 Å². The number of carbonyl (C=O) groups is 1. The van der Waals surface area contributed by atoms with Crippen LogP contribution in [0.4, 0.5) is 9.93 Å². The average molecular weight is 352 g/mol.